The summed E-state index contributed by atoms with van der Waals surface area (Å²) in [4.78, 5) is 39.6. The summed E-state index contributed by atoms with van der Waals surface area (Å²) in [6.45, 7) is 0.476. The van der Waals surface area contributed by atoms with Crippen molar-refractivity contribution in [3.05, 3.63) is 24.3 Å². The van der Waals surface area contributed by atoms with Gasteiger partial charge < -0.3 is 24.4 Å². The average molecular weight is 362 g/mol. The quantitative estimate of drug-likeness (QED) is 0.830. The standard InChI is InChI=1S/C18H22N2O6/c1-25-13-5-3-12(4-6-13)19-9-11(7-16(19)21)17(22)20-10-14(26-2)8-15(20)18(23)24/h3-6,11,14-15H,7-10H2,1-2H3,(H,23,24). The molecule has 140 valence electrons. The Morgan fingerprint density at radius 1 is 1.15 bits per heavy atom. The number of anilines is 1. The van der Waals surface area contributed by atoms with Crippen molar-refractivity contribution in [3.8, 4) is 5.75 Å². The summed E-state index contributed by atoms with van der Waals surface area (Å²) in [5, 5.41) is 9.38. The van der Waals surface area contributed by atoms with Gasteiger partial charge in [-0.25, -0.2) is 4.79 Å². The molecule has 2 aliphatic heterocycles. The first-order valence-electron chi connectivity index (χ1n) is 8.45. The van der Waals surface area contributed by atoms with Gasteiger partial charge in [-0.1, -0.05) is 0 Å². The van der Waals surface area contributed by atoms with E-state index in [-0.39, 0.29) is 43.8 Å². The van der Waals surface area contributed by atoms with E-state index in [1.54, 1.807) is 36.3 Å². The first-order valence-corrected chi connectivity index (χ1v) is 8.45. The Hall–Kier alpha value is -2.61. The molecule has 2 amide bonds. The summed E-state index contributed by atoms with van der Waals surface area (Å²) < 4.78 is 10.3. The Bertz CT molecular complexity index is 704. The lowest BCUT2D eigenvalue weighted by Crippen LogP contribution is -2.44. The molecule has 3 atom stereocenters. The van der Waals surface area contributed by atoms with Gasteiger partial charge in [0.25, 0.3) is 0 Å². The number of methoxy groups -OCH3 is 2. The molecule has 0 aromatic heterocycles. The Morgan fingerprint density at radius 3 is 2.42 bits per heavy atom. The molecule has 0 spiro atoms. The molecule has 1 N–H and O–H groups in total. The third kappa shape index (κ3) is 3.37. The van der Waals surface area contributed by atoms with E-state index >= 15 is 0 Å². The van der Waals surface area contributed by atoms with Crippen LogP contribution in [0.2, 0.25) is 0 Å². The molecule has 0 aliphatic carbocycles. The van der Waals surface area contributed by atoms with Crippen molar-refractivity contribution in [2.75, 3.05) is 32.2 Å². The van der Waals surface area contributed by atoms with E-state index in [1.807, 2.05) is 0 Å². The van der Waals surface area contributed by atoms with Crippen LogP contribution in [0.1, 0.15) is 12.8 Å². The van der Waals surface area contributed by atoms with E-state index in [2.05, 4.69) is 0 Å². The second-order valence-corrected chi connectivity index (χ2v) is 6.54. The van der Waals surface area contributed by atoms with Crippen LogP contribution in [0.25, 0.3) is 0 Å². The maximum absolute atomic E-state index is 12.9. The lowest BCUT2D eigenvalue weighted by molar-refractivity contribution is -0.149. The number of hydrogen-bond donors (Lipinski definition) is 1. The van der Waals surface area contributed by atoms with E-state index in [0.717, 1.165) is 0 Å². The number of likely N-dealkylation sites (tertiary alicyclic amines) is 1. The van der Waals surface area contributed by atoms with Crippen LogP contribution in [-0.4, -0.2) is 67.2 Å². The zero-order valence-electron chi connectivity index (χ0n) is 14.8. The number of benzene rings is 1. The second kappa shape index (κ2) is 7.33. The van der Waals surface area contributed by atoms with E-state index in [1.165, 1.54) is 12.0 Å². The van der Waals surface area contributed by atoms with Gasteiger partial charge in [-0.3, -0.25) is 9.59 Å². The lowest BCUT2D eigenvalue weighted by atomic mass is 10.1. The number of carboxylic acids is 1. The number of rotatable bonds is 5. The first kappa shape index (κ1) is 18.2. The molecular formula is C18H22N2O6. The zero-order valence-corrected chi connectivity index (χ0v) is 14.8. The Labute approximate surface area is 151 Å². The lowest BCUT2D eigenvalue weighted by Gasteiger charge is -2.24. The van der Waals surface area contributed by atoms with Crippen LogP contribution in [0.15, 0.2) is 24.3 Å². The monoisotopic (exact) mass is 362 g/mol. The van der Waals surface area contributed by atoms with E-state index in [0.29, 0.717) is 11.4 Å². The molecule has 2 aliphatic rings. The van der Waals surface area contributed by atoms with Crippen LogP contribution < -0.4 is 9.64 Å². The van der Waals surface area contributed by atoms with Crippen molar-refractivity contribution in [1.82, 2.24) is 4.90 Å². The van der Waals surface area contributed by atoms with Gasteiger partial charge in [-0.2, -0.15) is 0 Å². The Balaban J connectivity index is 1.72. The largest absolute Gasteiger partial charge is 0.497 e. The van der Waals surface area contributed by atoms with Crippen LogP contribution in [0, 0.1) is 5.92 Å². The maximum atomic E-state index is 12.9. The van der Waals surface area contributed by atoms with Gasteiger partial charge in [-0.05, 0) is 24.3 Å². The van der Waals surface area contributed by atoms with Crippen LogP contribution in [0.3, 0.4) is 0 Å². The molecule has 0 saturated carbocycles. The number of amides is 2. The Kier molecular flexibility index (Phi) is 5.13. The molecular weight excluding hydrogens is 340 g/mol. The topological polar surface area (TPSA) is 96.4 Å². The second-order valence-electron chi connectivity index (χ2n) is 6.54. The van der Waals surface area contributed by atoms with Gasteiger partial charge >= 0.3 is 5.97 Å². The van der Waals surface area contributed by atoms with Gasteiger partial charge in [-0.15, -0.1) is 0 Å². The van der Waals surface area contributed by atoms with Gasteiger partial charge in [0.1, 0.15) is 11.8 Å². The highest BCUT2D eigenvalue weighted by atomic mass is 16.5. The Morgan fingerprint density at radius 2 is 1.85 bits per heavy atom. The summed E-state index contributed by atoms with van der Waals surface area (Å²) in [7, 11) is 3.06. The normalized spacial score (nSPS) is 25.6. The molecule has 3 unspecified atom stereocenters. The van der Waals surface area contributed by atoms with Crippen LogP contribution >= 0.6 is 0 Å². The number of carbonyl (C=O) groups excluding carboxylic acids is 2. The highest BCUT2D eigenvalue weighted by molar-refractivity contribution is 6.01. The van der Waals surface area contributed by atoms with E-state index in [4.69, 9.17) is 9.47 Å². The van der Waals surface area contributed by atoms with Crippen LogP contribution in [0.4, 0.5) is 5.69 Å². The zero-order chi connectivity index (χ0) is 18.8. The molecule has 1 aromatic rings. The molecule has 3 rings (SSSR count). The van der Waals surface area contributed by atoms with E-state index in [9.17, 15) is 19.5 Å². The summed E-state index contributed by atoms with van der Waals surface area (Å²) >= 11 is 0. The molecule has 2 saturated heterocycles. The number of ether oxygens (including phenoxy) is 2. The molecule has 0 radical (unpaired) electrons. The molecule has 2 heterocycles. The third-order valence-corrected chi connectivity index (χ3v) is 5.02. The highest BCUT2D eigenvalue weighted by Crippen LogP contribution is 2.30. The predicted molar refractivity (Wildman–Crippen MR) is 92.0 cm³/mol. The molecule has 1 aromatic carbocycles. The van der Waals surface area contributed by atoms with Crippen molar-refractivity contribution < 1.29 is 29.0 Å². The van der Waals surface area contributed by atoms with Gasteiger partial charge in [0, 0.05) is 38.7 Å². The smallest absolute Gasteiger partial charge is 0.326 e. The minimum atomic E-state index is -1.05. The van der Waals surface area contributed by atoms with Gasteiger partial charge in [0.15, 0.2) is 0 Å². The third-order valence-electron chi connectivity index (χ3n) is 5.02. The molecule has 26 heavy (non-hydrogen) atoms. The number of hydrogen-bond acceptors (Lipinski definition) is 5. The van der Waals surface area contributed by atoms with E-state index < -0.39 is 17.9 Å². The number of nitrogens with zero attached hydrogens (tertiary/aromatic N) is 2. The molecule has 2 fully saturated rings. The fourth-order valence-electron chi connectivity index (χ4n) is 3.57. The number of carbonyl (C=O) groups is 3. The highest BCUT2D eigenvalue weighted by Gasteiger charge is 2.45. The fraction of sp³-hybridized carbons (Fsp3) is 0.500. The first-order chi connectivity index (χ1) is 12.4. The van der Waals surface area contributed by atoms with Gasteiger partial charge in [0.2, 0.25) is 11.8 Å². The van der Waals surface area contributed by atoms with Crippen molar-refractivity contribution in [3.63, 3.8) is 0 Å². The summed E-state index contributed by atoms with van der Waals surface area (Å²) in [6.07, 6.45) is 0.0426. The fourth-order valence-corrected chi connectivity index (χ4v) is 3.57. The van der Waals surface area contributed by atoms with Crippen LogP contribution in [-0.2, 0) is 19.1 Å². The van der Waals surface area contributed by atoms with Crippen molar-refractivity contribution in [1.29, 1.82) is 0 Å². The molecule has 8 heteroatoms. The summed E-state index contributed by atoms with van der Waals surface area (Å²) in [5.74, 6) is -1.37. The number of aliphatic carboxylic acids is 1. The SMILES string of the molecule is COc1ccc(N2CC(C(=O)N3CC(OC)CC3C(=O)O)CC2=O)cc1. The molecule has 0 bridgehead atoms. The average Bonchev–Trinajstić information content (AvgIpc) is 3.25. The molecule has 8 nitrogen and oxygen atoms in total. The van der Waals surface area contributed by atoms with Crippen molar-refractivity contribution in [2.45, 2.75) is 25.0 Å². The predicted octanol–water partition coefficient (Wildman–Crippen LogP) is 0.749. The van der Waals surface area contributed by atoms with Crippen molar-refractivity contribution in [2.24, 2.45) is 5.92 Å². The van der Waals surface area contributed by atoms with Gasteiger partial charge in [0.05, 0.1) is 19.1 Å². The minimum absolute atomic E-state index is 0.0748. The van der Waals surface area contributed by atoms with Crippen molar-refractivity contribution >= 4 is 23.5 Å². The van der Waals surface area contributed by atoms with Crippen LogP contribution in [0.5, 0.6) is 5.75 Å². The summed E-state index contributed by atoms with van der Waals surface area (Å²) in [5.41, 5.74) is 0.692. The number of carboxylic acid groups (broad SMARTS) is 1. The maximum Gasteiger partial charge on any atom is 0.326 e. The minimum Gasteiger partial charge on any atom is -0.497 e. The summed E-state index contributed by atoms with van der Waals surface area (Å²) in [6, 6.07) is 6.13.